The molecule has 0 aromatic carbocycles. The maximum atomic E-state index is 12.1. The Labute approximate surface area is 153 Å². The van der Waals surface area contributed by atoms with Crippen molar-refractivity contribution < 1.29 is 49.4 Å². The molecule has 1 amide bonds. The summed E-state index contributed by atoms with van der Waals surface area (Å²) in [6.45, 7) is 3.42. The van der Waals surface area contributed by atoms with Gasteiger partial charge in [-0.25, -0.2) is 0 Å². The van der Waals surface area contributed by atoms with E-state index in [-0.39, 0.29) is 53.1 Å². The zero-order valence-electron chi connectivity index (χ0n) is 12.5. The van der Waals surface area contributed by atoms with Gasteiger partial charge in [0.25, 0.3) is 0 Å². The van der Waals surface area contributed by atoms with E-state index in [1.807, 2.05) is 6.92 Å². The summed E-state index contributed by atoms with van der Waals surface area (Å²) in [5, 5.41) is 29.5. The van der Waals surface area contributed by atoms with Crippen LogP contribution in [-0.4, -0.2) is 44.2 Å². The molecule has 0 spiro atoms. The normalized spacial score (nSPS) is 28.0. The number of aliphatic carboxylic acids is 1. The number of nitrogens with zero attached hydrogens (tertiary/aromatic N) is 3. The molecule has 2 aliphatic rings. The molecule has 0 unspecified atom stereocenters. The van der Waals surface area contributed by atoms with Crippen LogP contribution in [-0.2, 0) is 16.0 Å². The zero-order chi connectivity index (χ0) is 15.3. The third-order valence-electron chi connectivity index (χ3n) is 4.26. The van der Waals surface area contributed by atoms with Gasteiger partial charge in [-0.1, -0.05) is 6.92 Å². The third kappa shape index (κ3) is 2.52. The van der Waals surface area contributed by atoms with Crippen LogP contribution >= 0.6 is 11.3 Å². The number of aliphatic hydroxyl groups excluding tert-OH is 1. The Morgan fingerprint density at radius 1 is 1.59 bits per heavy atom. The molecule has 3 heterocycles. The Morgan fingerprint density at radius 3 is 2.77 bits per heavy atom. The van der Waals surface area contributed by atoms with Gasteiger partial charge in [-0.2, -0.15) is 0 Å². The van der Waals surface area contributed by atoms with E-state index < -0.39 is 18.0 Å². The first kappa shape index (κ1) is 17.6. The molecular formula is C13H14N3NaO4S. The maximum Gasteiger partial charge on any atom is 1.00 e. The van der Waals surface area contributed by atoms with E-state index in [4.69, 9.17) is 0 Å². The molecule has 1 N–H and O–H groups in total. The van der Waals surface area contributed by atoms with Crippen LogP contribution in [0, 0.1) is 11.8 Å². The summed E-state index contributed by atoms with van der Waals surface area (Å²) in [6, 6.07) is -0.312. The number of hydrogen-bond donors (Lipinski definition) is 1. The molecule has 22 heavy (non-hydrogen) atoms. The number of fused-ring (bicyclic) bond motifs is 1. The summed E-state index contributed by atoms with van der Waals surface area (Å²) in [4.78, 5) is 24.8. The monoisotopic (exact) mass is 331 g/mol. The Hall–Kier alpha value is -0.800. The van der Waals surface area contributed by atoms with Crippen molar-refractivity contribution in [2.24, 2.45) is 11.8 Å². The van der Waals surface area contributed by atoms with Gasteiger partial charge < -0.3 is 19.9 Å². The van der Waals surface area contributed by atoms with Gasteiger partial charge in [0.1, 0.15) is 10.5 Å². The average Bonchev–Trinajstić information content (AvgIpc) is 2.97. The molecule has 0 bridgehead atoms. The van der Waals surface area contributed by atoms with Crippen LogP contribution in [0.25, 0.3) is 0 Å². The predicted molar refractivity (Wildman–Crippen MR) is 70.6 cm³/mol. The van der Waals surface area contributed by atoms with Gasteiger partial charge in [-0.3, -0.25) is 4.79 Å². The van der Waals surface area contributed by atoms with Gasteiger partial charge in [0, 0.05) is 12.3 Å². The Bertz CT molecular complexity index is 631. The zero-order valence-corrected chi connectivity index (χ0v) is 15.3. The summed E-state index contributed by atoms with van der Waals surface area (Å²) in [5.41, 5.74) is 2.13. The van der Waals surface area contributed by atoms with Crippen LogP contribution in [0.3, 0.4) is 0 Å². The largest absolute Gasteiger partial charge is 1.00 e. The summed E-state index contributed by atoms with van der Waals surface area (Å²) in [6.07, 6.45) is -0.466. The molecule has 0 aliphatic carbocycles. The van der Waals surface area contributed by atoms with Crippen molar-refractivity contribution in [2.75, 3.05) is 0 Å². The van der Waals surface area contributed by atoms with E-state index >= 15 is 0 Å². The summed E-state index contributed by atoms with van der Waals surface area (Å²) in [7, 11) is 0. The van der Waals surface area contributed by atoms with E-state index in [9.17, 15) is 19.8 Å². The summed E-state index contributed by atoms with van der Waals surface area (Å²) in [5.74, 6) is -2.42. The molecule has 1 aromatic rings. The number of β-lactam (4-membered cyclic amide) rings is 1. The van der Waals surface area contributed by atoms with Crippen molar-refractivity contribution in [1.82, 2.24) is 15.1 Å². The van der Waals surface area contributed by atoms with E-state index in [1.54, 1.807) is 12.4 Å². The van der Waals surface area contributed by atoms with Crippen LogP contribution in [0.2, 0.25) is 0 Å². The smallest absolute Gasteiger partial charge is 0.543 e. The van der Waals surface area contributed by atoms with Crippen LogP contribution in [0.5, 0.6) is 0 Å². The van der Waals surface area contributed by atoms with Crippen LogP contribution in [0.15, 0.2) is 16.8 Å². The fourth-order valence-electron chi connectivity index (χ4n) is 3.30. The van der Waals surface area contributed by atoms with Gasteiger partial charge in [-0.05, 0) is 12.5 Å². The van der Waals surface area contributed by atoms with Crippen molar-refractivity contribution >= 4 is 23.2 Å². The van der Waals surface area contributed by atoms with Crippen molar-refractivity contribution in [3.05, 3.63) is 21.8 Å². The molecule has 7 nitrogen and oxygen atoms in total. The van der Waals surface area contributed by atoms with Crippen molar-refractivity contribution in [3.8, 4) is 0 Å². The van der Waals surface area contributed by atoms with Gasteiger partial charge >= 0.3 is 29.6 Å². The van der Waals surface area contributed by atoms with Gasteiger partial charge in [0.2, 0.25) is 5.91 Å². The second-order valence-corrected chi connectivity index (χ2v) is 6.34. The van der Waals surface area contributed by atoms with Crippen LogP contribution in [0.4, 0.5) is 0 Å². The molecule has 2 aliphatic heterocycles. The van der Waals surface area contributed by atoms with Gasteiger partial charge in [-0.15, -0.1) is 21.5 Å². The second kappa shape index (κ2) is 6.37. The molecule has 1 aromatic heterocycles. The third-order valence-corrected chi connectivity index (χ3v) is 4.95. The first-order chi connectivity index (χ1) is 9.93. The summed E-state index contributed by atoms with van der Waals surface area (Å²) >= 11 is 1.33. The molecule has 0 saturated carbocycles. The maximum absolute atomic E-state index is 12.1. The number of carboxylic acid groups (broad SMARTS) is 1. The van der Waals surface area contributed by atoms with Gasteiger partial charge in [0.05, 0.1) is 29.7 Å². The first-order valence-electron chi connectivity index (χ1n) is 6.64. The number of aromatic nitrogens is 2. The number of rotatable bonds is 4. The molecule has 4 atom stereocenters. The predicted octanol–water partition coefficient (Wildman–Crippen LogP) is -4.05. The van der Waals surface area contributed by atoms with E-state index in [0.717, 1.165) is 0 Å². The molecular weight excluding hydrogens is 317 g/mol. The molecule has 1 fully saturated rings. The molecule has 3 rings (SSSR count). The van der Waals surface area contributed by atoms with Crippen molar-refractivity contribution in [1.29, 1.82) is 0 Å². The number of aliphatic hydroxyl groups is 1. The SMILES string of the molecule is C[C@@H](O)[C@H]1C(=O)N2C(C(=O)[O-])=C(Cc3nncs3)[C@H](C)[C@H]12.[Na+]. The van der Waals surface area contributed by atoms with Crippen molar-refractivity contribution in [3.63, 3.8) is 0 Å². The Balaban J connectivity index is 0.00000176. The van der Waals surface area contributed by atoms with Crippen LogP contribution in [0.1, 0.15) is 18.9 Å². The molecule has 0 radical (unpaired) electrons. The molecule has 1 saturated heterocycles. The van der Waals surface area contributed by atoms with E-state index in [2.05, 4.69) is 10.2 Å². The fourth-order valence-corrected chi connectivity index (χ4v) is 3.85. The summed E-state index contributed by atoms with van der Waals surface area (Å²) < 4.78 is 0. The Kier molecular flexibility index (Phi) is 5.08. The van der Waals surface area contributed by atoms with Crippen molar-refractivity contribution in [2.45, 2.75) is 32.4 Å². The minimum Gasteiger partial charge on any atom is -0.543 e. The molecule has 9 heteroatoms. The number of hydrogen-bond acceptors (Lipinski definition) is 7. The Morgan fingerprint density at radius 2 is 2.27 bits per heavy atom. The fraction of sp³-hybridized carbons (Fsp3) is 0.538. The number of carbonyl (C=O) groups excluding carboxylic acids is 2. The number of carbonyl (C=O) groups is 2. The first-order valence-corrected chi connectivity index (χ1v) is 7.52. The number of amides is 1. The minimum atomic E-state index is -1.36. The van der Waals surface area contributed by atoms with Crippen LogP contribution < -0.4 is 34.7 Å². The standard InChI is InChI=1S/C13H15N3O4S.Na/c1-5-7(3-8-15-14-4-21-8)11(13(19)20)16-10(5)9(6(2)17)12(16)18;/h4-6,9-10,17H,3H2,1-2H3,(H,19,20);/q;+1/p-1/t5-,6+,9+,10+;/m0./s1. The topological polar surface area (TPSA) is 106 Å². The van der Waals surface area contributed by atoms with E-state index in [0.29, 0.717) is 17.0 Å². The quantitative estimate of drug-likeness (QED) is 0.445. The van der Waals surface area contributed by atoms with E-state index in [1.165, 1.54) is 16.2 Å². The van der Waals surface area contributed by atoms with Gasteiger partial charge in [0.15, 0.2) is 0 Å². The second-order valence-electron chi connectivity index (χ2n) is 5.42. The average molecular weight is 331 g/mol. The molecule has 112 valence electrons. The minimum absolute atomic E-state index is 0. The number of carboxylic acids is 1.